The third-order valence-corrected chi connectivity index (χ3v) is 3.70. The first-order chi connectivity index (χ1) is 11.6. The van der Waals surface area contributed by atoms with Gasteiger partial charge in [-0.15, -0.1) is 0 Å². The van der Waals surface area contributed by atoms with Gasteiger partial charge in [0.1, 0.15) is 5.70 Å². The van der Waals surface area contributed by atoms with E-state index in [2.05, 4.69) is 5.32 Å². The van der Waals surface area contributed by atoms with Gasteiger partial charge in [-0.1, -0.05) is 42.5 Å². The van der Waals surface area contributed by atoms with Crippen molar-refractivity contribution >= 4 is 18.0 Å². The van der Waals surface area contributed by atoms with Crippen LogP contribution in [-0.4, -0.2) is 29.1 Å². The normalized spacial score (nSPS) is 15.7. The molecule has 1 heterocycles. The van der Waals surface area contributed by atoms with Crippen LogP contribution in [0.25, 0.3) is 6.08 Å². The van der Waals surface area contributed by atoms with Crippen molar-refractivity contribution in [2.75, 3.05) is 7.11 Å². The van der Waals surface area contributed by atoms with Crippen molar-refractivity contribution < 1.29 is 19.4 Å². The molecule has 2 aromatic rings. The van der Waals surface area contributed by atoms with Gasteiger partial charge in [-0.05, 0) is 17.7 Å². The van der Waals surface area contributed by atoms with Crippen LogP contribution in [0.1, 0.15) is 11.1 Å². The van der Waals surface area contributed by atoms with E-state index in [1.165, 1.54) is 13.2 Å². The molecule has 0 bridgehead atoms. The molecule has 3 rings (SSSR count). The Kier molecular flexibility index (Phi) is 4.20. The van der Waals surface area contributed by atoms with Gasteiger partial charge >= 0.3 is 6.03 Å². The van der Waals surface area contributed by atoms with Crippen LogP contribution in [0.5, 0.6) is 11.5 Å². The lowest BCUT2D eigenvalue weighted by molar-refractivity contribution is -0.123. The van der Waals surface area contributed by atoms with Gasteiger partial charge in [0.2, 0.25) is 0 Å². The molecule has 24 heavy (non-hydrogen) atoms. The Morgan fingerprint density at radius 2 is 1.88 bits per heavy atom. The number of para-hydroxylation sites is 1. The summed E-state index contributed by atoms with van der Waals surface area (Å²) in [6, 6.07) is 13.7. The molecular formula is C18H16N2O4. The molecule has 3 amide bonds. The molecule has 0 radical (unpaired) electrons. The zero-order chi connectivity index (χ0) is 17.1. The van der Waals surface area contributed by atoms with Crippen molar-refractivity contribution in [2.24, 2.45) is 0 Å². The first-order valence-corrected chi connectivity index (χ1v) is 7.34. The number of hydrogen-bond donors (Lipinski definition) is 2. The Bertz CT molecular complexity index is 815. The van der Waals surface area contributed by atoms with E-state index in [0.29, 0.717) is 11.3 Å². The topological polar surface area (TPSA) is 78.9 Å². The van der Waals surface area contributed by atoms with Crippen molar-refractivity contribution in [3.63, 3.8) is 0 Å². The number of nitrogens with zero attached hydrogens (tertiary/aromatic N) is 1. The fraction of sp³-hybridized carbons (Fsp3) is 0.111. The van der Waals surface area contributed by atoms with Gasteiger partial charge in [-0.3, -0.25) is 9.69 Å². The predicted octanol–water partition coefficient (Wildman–Crippen LogP) is 2.49. The number of benzene rings is 2. The minimum Gasteiger partial charge on any atom is -0.504 e. The van der Waals surface area contributed by atoms with Gasteiger partial charge in [0, 0.05) is 5.56 Å². The van der Waals surface area contributed by atoms with Crippen LogP contribution < -0.4 is 10.1 Å². The fourth-order valence-electron chi connectivity index (χ4n) is 2.46. The maximum absolute atomic E-state index is 12.5. The SMILES string of the molecule is COc1cccc(/C=C2/NC(=O)N(Cc3ccccc3)C2=O)c1O. The van der Waals surface area contributed by atoms with E-state index in [9.17, 15) is 14.7 Å². The molecule has 0 spiro atoms. The van der Waals surface area contributed by atoms with E-state index in [-0.39, 0.29) is 18.0 Å². The smallest absolute Gasteiger partial charge is 0.329 e. The number of rotatable bonds is 4. The zero-order valence-electron chi connectivity index (χ0n) is 13.0. The molecular weight excluding hydrogens is 308 g/mol. The van der Waals surface area contributed by atoms with E-state index in [0.717, 1.165) is 10.5 Å². The minimum absolute atomic E-state index is 0.0870. The highest BCUT2D eigenvalue weighted by molar-refractivity contribution is 6.14. The number of imide groups is 1. The van der Waals surface area contributed by atoms with Gasteiger partial charge in [-0.2, -0.15) is 0 Å². The van der Waals surface area contributed by atoms with Crippen LogP contribution in [0.15, 0.2) is 54.2 Å². The molecule has 6 heteroatoms. The Labute approximate surface area is 139 Å². The van der Waals surface area contributed by atoms with Gasteiger partial charge in [-0.25, -0.2) is 4.79 Å². The van der Waals surface area contributed by atoms with Crippen LogP contribution >= 0.6 is 0 Å². The Morgan fingerprint density at radius 3 is 2.58 bits per heavy atom. The molecule has 0 aromatic heterocycles. The minimum atomic E-state index is -0.488. The molecule has 2 aromatic carbocycles. The molecule has 0 aliphatic carbocycles. The molecule has 122 valence electrons. The molecule has 0 unspecified atom stereocenters. The molecule has 6 nitrogen and oxygen atoms in total. The highest BCUT2D eigenvalue weighted by Gasteiger charge is 2.33. The summed E-state index contributed by atoms with van der Waals surface area (Å²) in [6.45, 7) is 0.187. The van der Waals surface area contributed by atoms with Crippen LogP contribution in [0.2, 0.25) is 0 Å². The summed E-state index contributed by atoms with van der Waals surface area (Å²) in [6.07, 6.45) is 1.43. The highest BCUT2D eigenvalue weighted by Crippen LogP contribution is 2.31. The van der Waals surface area contributed by atoms with E-state index in [4.69, 9.17) is 4.74 Å². The number of methoxy groups -OCH3 is 1. The number of phenolic OH excluding ortho intramolecular Hbond substituents is 1. The van der Waals surface area contributed by atoms with Crippen LogP contribution in [0.3, 0.4) is 0 Å². The number of amides is 3. The second kappa shape index (κ2) is 6.45. The summed E-state index contributed by atoms with van der Waals surface area (Å²) in [7, 11) is 1.44. The second-order valence-electron chi connectivity index (χ2n) is 5.26. The number of phenols is 1. The standard InChI is InChI=1S/C18H16N2O4/c1-24-15-9-5-8-13(16(15)21)10-14-17(22)20(18(23)19-14)11-12-6-3-2-4-7-12/h2-10,21H,11H2,1H3,(H,19,23)/b14-10+. The lowest BCUT2D eigenvalue weighted by Gasteiger charge is -2.11. The molecule has 1 aliphatic rings. The number of hydrogen-bond acceptors (Lipinski definition) is 4. The van der Waals surface area contributed by atoms with Crippen molar-refractivity contribution in [1.82, 2.24) is 10.2 Å². The lowest BCUT2D eigenvalue weighted by atomic mass is 10.1. The van der Waals surface area contributed by atoms with E-state index in [1.807, 2.05) is 30.3 Å². The summed E-state index contributed by atoms with van der Waals surface area (Å²) in [5.74, 6) is -0.232. The number of carbonyl (C=O) groups excluding carboxylic acids is 2. The molecule has 2 N–H and O–H groups in total. The van der Waals surface area contributed by atoms with Gasteiger partial charge < -0.3 is 15.2 Å². The quantitative estimate of drug-likeness (QED) is 0.669. The zero-order valence-corrected chi connectivity index (χ0v) is 13.0. The maximum atomic E-state index is 12.5. The van der Waals surface area contributed by atoms with Gasteiger partial charge in [0.05, 0.1) is 13.7 Å². The number of nitrogens with one attached hydrogen (secondary N) is 1. The van der Waals surface area contributed by atoms with Crippen LogP contribution in [0.4, 0.5) is 4.79 Å². The highest BCUT2D eigenvalue weighted by atomic mass is 16.5. The van der Waals surface area contributed by atoms with Gasteiger partial charge in [0.15, 0.2) is 11.5 Å². The maximum Gasteiger partial charge on any atom is 0.329 e. The number of aromatic hydroxyl groups is 1. The molecule has 1 saturated heterocycles. The van der Waals surface area contributed by atoms with Crippen LogP contribution in [0, 0.1) is 0 Å². The Balaban J connectivity index is 1.86. The number of ether oxygens (including phenoxy) is 1. The largest absolute Gasteiger partial charge is 0.504 e. The molecule has 0 saturated carbocycles. The Hall–Kier alpha value is -3.28. The summed E-state index contributed by atoms with van der Waals surface area (Å²) in [4.78, 5) is 25.6. The molecule has 1 aliphatic heterocycles. The van der Waals surface area contributed by atoms with E-state index in [1.54, 1.807) is 18.2 Å². The number of urea groups is 1. The third-order valence-electron chi connectivity index (χ3n) is 3.70. The van der Waals surface area contributed by atoms with Gasteiger partial charge in [0.25, 0.3) is 5.91 Å². The summed E-state index contributed by atoms with van der Waals surface area (Å²) < 4.78 is 5.04. The molecule has 1 fully saturated rings. The summed E-state index contributed by atoms with van der Waals surface area (Å²) >= 11 is 0. The first kappa shape index (κ1) is 15.6. The number of carbonyl (C=O) groups is 2. The van der Waals surface area contributed by atoms with Crippen LogP contribution in [-0.2, 0) is 11.3 Å². The second-order valence-corrected chi connectivity index (χ2v) is 5.26. The lowest BCUT2D eigenvalue weighted by Crippen LogP contribution is -2.30. The van der Waals surface area contributed by atoms with Crippen molar-refractivity contribution in [3.05, 3.63) is 65.4 Å². The average Bonchev–Trinajstić information content (AvgIpc) is 2.85. The monoisotopic (exact) mass is 324 g/mol. The first-order valence-electron chi connectivity index (χ1n) is 7.34. The van der Waals surface area contributed by atoms with E-state index >= 15 is 0 Å². The molecule has 0 atom stereocenters. The van der Waals surface area contributed by atoms with Crippen molar-refractivity contribution in [3.8, 4) is 11.5 Å². The summed E-state index contributed by atoms with van der Waals surface area (Å²) in [5.41, 5.74) is 1.35. The predicted molar refractivity (Wildman–Crippen MR) is 88.2 cm³/mol. The third kappa shape index (κ3) is 2.94. The summed E-state index contributed by atoms with van der Waals surface area (Å²) in [5, 5.41) is 12.6. The van der Waals surface area contributed by atoms with E-state index < -0.39 is 11.9 Å². The van der Waals surface area contributed by atoms with Crippen molar-refractivity contribution in [2.45, 2.75) is 6.54 Å². The Morgan fingerprint density at radius 1 is 1.12 bits per heavy atom. The fourth-order valence-corrected chi connectivity index (χ4v) is 2.46. The average molecular weight is 324 g/mol. The van der Waals surface area contributed by atoms with Crippen molar-refractivity contribution in [1.29, 1.82) is 0 Å².